The fourth-order valence-corrected chi connectivity index (χ4v) is 4.75. The van der Waals surface area contributed by atoms with Crippen LogP contribution >= 0.6 is 11.6 Å². The molecule has 32 heavy (non-hydrogen) atoms. The lowest BCUT2D eigenvalue weighted by Gasteiger charge is -2.43. The van der Waals surface area contributed by atoms with Gasteiger partial charge in [-0.3, -0.25) is 14.4 Å². The number of amides is 1. The first kappa shape index (κ1) is 23.1. The predicted octanol–water partition coefficient (Wildman–Crippen LogP) is 3.43. The highest BCUT2D eigenvalue weighted by molar-refractivity contribution is 6.30. The summed E-state index contributed by atoms with van der Waals surface area (Å²) in [6, 6.07) is 7.31. The Morgan fingerprint density at radius 2 is 1.94 bits per heavy atom. The highest BCUT2D eigenvalue weighted by Crippen LogP contribution is 2.28. The fraction of sp³-hybridized carbons (Fsp3) is 0.583. The van der Waals surface area contributed by atoms with Crippen molar-refractivity contribution in [3.63, 3.8) is 0 Å². The second-order valence-corrected chi connectivity index (χ2v) is 9.45. The summed E-state index contributed by atoms with van der Waals surface area (Å²) in [5, 5.41) is 5.13. The number of benzene rings is 1. The number of aromatic nitrogens is 2. The van der Waals surface area contributed by atoms with Crippen LogP contribution in [0.4, 0.5) is 0 Å². The van der Waals surface area contributed by atoms with Gasteiger partial charge in [0.25, 0.3) is 0 Å². The molecule has 174 valence electrons. The Kier molecular flexibility index (Phi) is 7.38. The molecule has 2 aromatic rings. The molecule has 8 heteroatoms. The summed E-state index contributed by atoms with van der Waals surface area (Å²) < 4.78 is 14.3. The molecule has 1 aromatic carbocycles. The van der Waals surface area contributed by atoms with Crippen molar-refractivity contribution in [2.45, 2.75) is 44.8 Å². The van der Waals surface area contributed by atoms with Gasteiger partial charge in [-0.05, 0) is 50.5 Å². The number of carbonyl (C=O) groups is 1. The third-order valence-electron chi connectivity index (χ3n) is 6.33. The van der Waals surface area contributed by atoms with Gasteiger partial charge in [-0.2, -0.15) is 5.10 Å². The van der Waals surface area contributed by atoms with Gasteiger partial charge in [0, 0.05) is 56.6 Å². The van der Waals surface area contributed by atoms with Crippen molar-refractivity contribution in [2.75, 3.05) is 39.4 Å². The van der Waals surface area contributed by atoms with E-state index in [4.69, 9.17) is 21.1 Å². The molecule has 0 bridgehead atoms. The number of hydrogen-bond acceptors (Lipinski definition) is 5. The molecule has 4 rings (SSSR count). The number of likely N-dealkylation sites (tertiary alicyclic amines) is 1. The van der Waals surface area contributed by atoms with E-state index in [9.17, 15) is 4.79 Å². The van der Waals surface area contributed by atoms with Gasteiger partial charge in [-0.1, -0.05) is 11.6 Å². The number of piperidine rings is 1. The second-order valence-electron chi connectivity index (χ2n) is 9.02. The van der Waals surface area contributed by atoms with Crippen LogP contribution in [0.1, 0.15) is 36.9 Å². The standard InChI is InChI=1S/C24H33ClN4O3/c1-19-20(15-27(2)26-19)16-28-12-13-32-24(17-28,14-23(30)29-10-4-3-5-11-29)18-31-22-8-6-21(25)7-9-22/h6-9,15H,3-5,10-14,16-18H2,1-2H3. The minimum atomic E-state index is -0.692. The number of morpholine rings is 1. The Morgan fingerprint density at radius 1 is 1.19 bits per heavy atom. The molecule has 0 N–H and O–H groups in total. The lowest BCUT2D eigenvalue weighted by atomic mass is 9.96. The molecule has 1 aromatic heterocycles. The van der Waals surface area contributed by atoms with E-state index in [2.05, 4.69) is 16.2 Å². The summed E-state index contributed by atoms with van der Waals surface area (Å²) in [5.41, 5.74) is 1.54. The van der Waals surface area contributed by atoms with E-state index in [-0.39, 0.29) is 5.91 Å². The maximum absolute atomic E-state index is 13.2. The van der Waals surface area contributed by atoms with Crippen LogP contribution in [0.15, 0.2) is 30.5 Å². The van der Waals surface area contributed by atoms with E-state index in [1.807, 2.05) is 47.8 Å². The molecular weight excluding hydrogens is 428 g/mol. The largest absolute Gasteiger partial charge is 0.491 e. The number of hydrogen-bond donors (Lipinski definition) is 0. The van der Waals surface area contributed by atoms with Crippen LogP contribution in [0, 0.1) is 6.92 Å². The number of rotatable bonds is 7. The van der Waals surface area contributed by atoms with Crippen molar-refractivity contribution < 1.29 is 14.3 Å². The van der Waals surface area contributed by atoms with Crippen LogP contribution in [0.25, 0.3) is 0 Å². The van der Waals surface area contributed by atoms with E-state index < -0.39 is 5.60 Å². The predicted molar refractivity (Wildman–Crippen MR) is 124 cm³/mol. The summed E-state index contributed by atoms with van der Waals surface area (Å²) in [7, 11) is 1.94. The summed E-state index contributed by atoms with van der Waals surface area (Å²) in [6.07, 6.45) is 5.74. The third kappa shape index (κ3) is 5.82. The maximum Gasteiger partial charge on any atom is 0.225 e. The molecule has 0 radical (unpaired) electrons. The zero-order chi connectivity index (χ0) is 22.6. The van der Waals surface area contributed by atoms with Crippen molar-refractivity contribution in [1.29, 1.82) is 0 Å². The Morgan fingerprint density at radius 3 is 2.62 bits per heavy atom. The SMILES string of the molecule is Cc1nn(C)cc1CN1CCOC(COc2ccc(Cl)cc2)(CC(=O)N2CCCCC2)C1. The normalized spacial score (nSPS) is 22.2. The Bertz CT molecular complexity index is 910. The van der Waals surface area contributed by atoms with Crippen LogP contribution in [0.2, 0.25) is 5.02 Å². The number of nitrogens with zero attached hydrogens (tertiary/aromatic N) is 4. The zero-order valence-electron chi connectivity index (χ0n) is 19.1. The van der Waals surface area contributed by atoms with Crippen molar-refractivity contribution >= 4 is 17.5 Å². The van der Waals surface area contributed by atoms with Crippen molar-refractivity contribution in [1.82, 2.24) is 19.6 Å². The Balaban J connectivity index is 1.49. The Labute approximate surface area is 195 Å². The lowest BCUT2D eigenvalue weighted by Crippen LogP contribution is -2.57. The fourth-order valence-electron chi connectivity index (χ4n) is 4.62. The van der Waals surface area contributed by atoms with Gasteiger partial charge < -0.3 is 14.4 Å². The number of ether oxygens (including phenoxy) is 2. The maximum atomic E-state index is 13.2. The van der Waals surface area contributed by atoms with E-state index in [1.54, 1.807) is 0 Å². The molecule has 2 fully saturated rings. The third-order valence-corrected chi connectivity index (χ3v) is 6.59. The van der Waals surface area contributed by atoms with E-state index in [0.717, 1.165) is 50.5 Å². The highest BCUT2D eigenvalue weighted by atomic mass is 35.5. The average Bonchev–Trinajstić information content (AvgIpc) is 3.10. The van der Waals surface area contributed by atoms with Gasteiger partial charge in [0.1, 0.15) is 18.0 Å². The van der Waals surface area contributed by atoms with Gasteiger partial charge in [-0.15, -0.1) is 0 Å². The average molecular weight is 461 g/mol. The number of aryl methyl sites for hydroxylation is 2. The van der Waals surface area contributed by atoms with Crippen molar-refractivity contribution in [3.05, 3.63) is 46.7 Å². The molecule has 3 heterocycles. The van der Waals surface area contributed by atoms with E-state index in [1.165, 1.54) is 12.0 Å². The van der Waals surface area contributed by atoms with Crippen LogP contribution in [-0.4, -0.2) is 70.5 Å². The zero-order valence-corrected chi connectivity index (χ0v) is 19.8. The molecule has 0 saturated carbocycles. The first-order valence-electron chi connectivity index (χ1n) is 11.4. The molecule has 0 spiro atoms. The summed E-state index contributed by atoms with van der Waals surface area (Å²) in [6.45, 7) is 6.82. The molecule has 7 nitrogen and oxygen atoms in total. The van der Waals surface area contributed by atoms with Gasteiger partial charge in [-0.25, -0.2) is 0 Å². The summed E-state index contributed by atoms with van der Waals surface area (Å²) in [4.78, 5) is 17.5. The van der Waals surface area contributed by atoms with Crippen molar-refractivity contribution in [2.24, 2.45) is 7.05 Å². The van der Waals surface area contributed by atoms with E-state index >= 15 is 0 Å². The van der Waals surface area contributed by atoms with Crippen LogP contribution < -0.4 is 4.74 Å². The number of carbonyl (C=O) groups excluding carboxylic acids is 1. The van der Waals surface area contributed by atoms with E-state index in [0.29, 0.717) is 31.2 Å². The smallest absolute Gasteiger partial charge is 0.225 e. The van der Waals surface area contributed by atoms with Gasteiger partial charge in [0.2, 0.25) is 5.91 Å². The molecule has 1 unspecified atom stereocenters. The van der Waals surface area contributed by atoms with Crippen molar-refractivity contribution in [3.8, 4) is 5.75 Å². The first-order chi connectivity index (χ1) is 15.4. The molecule has 0 aliphatic carbocycles. The van der Waals surface area contributed by atoms with Crippen LogP contribution in [-0.2, 0) is 23.1 Å². The second kappa shape index (κ2) is 10.2. The lowest BCUT2D eigenvalue weighted by molar-refractivity contribution is -0.157. The van der Waals surface area contributed by atoms with Gasteiger partial charge in [0.05, 0.1) is 18.7 Å². The minimum absolute atomic E-state index is 0.156. The molecule has 1 amide bonds. The van der Waals surface area contributed by atoms with Gasteiger partial charge >= 0.3 is 0 Å². The number of halogens is 1. The summed E-state index contributed by atoms with van der Waals surface area (Å²) in [5.74, 6) is 0.881. The van der Waals surface area contributed by atoms with Crippen LogP contribution in [0.5, 0.6) is 5.75 Å². The summed E-state index contributed by atoms with van der Waals surface area (Å²) >= 11 is 6.01. The monoisotopic (exact) mass is 460 g/mol. The highest BCUT2D eigenvalue weighted by Gasteiger charge is 2.41. The molecule has 2 aliphatic heterocycles. The molecule has 1 atom stereocenters. The van der Waals surface area contributed by atoms with Crippen LogP contribution in [0.3, 0.4) is 0 Å². The molecular formula is C24H33ClN4O3. The minimum Gasteiger partial charge on any atom is -0.491 e. The Hall–Kier alpha value is -2.09. The van der Waals surface area contributed by atoms with Gasteiger partial charge in [0.15, 0.2) is 0 Å². The molecule has 2 aliphatic rings. The topological polar surface area (TPSA) is 59.8 Å². The quantitative estimate of drug-likeness (QED) is 0.633. The first-order valence-corrected chi connectivity index (χ1v) is 11.8. The molecule has 2 saturated heterocycles.